The zero-order valence-corrected chi connectivity index (χ0v) is 16.1. The second-order valence-corrected chi connectivity index (χ2v) is 7.52. The molecule has 3 aromatic rings. The van der Waals surface area contributed by atoms with Gasteiger partial charge in [0.15, 0.2) is 22.4 Å². The number of para-hydroxylation sites is 1. The molecule has 0 radical (unpaired) electrons. The summed E-state index contributed by atoms with van der Waals surface area (Å²) >= 11 is 7.36. The van der Waals surface area contributed by atoms with E-state index in [9.17, 15) is 9.90 Å². The van der Waals surface area contributed by atoms with E-state index >= 15 is 0 Å². The van der Waals surface area contributed by atoms with Crippen LogP contribution in [-0.2, 0) is 5.72 Å². The van der Waals surface area contributed by atoms with Gasteiger partial charge in [-0.25, -0.2) is 9.98 Å². The second kappa shape index (κ2) is 7.31. The highest BCUT2D eigenvalue weighted by atomic mass is 35.5. The molecule has 1 aliphatic heterocycles. The third kappa shape index (κ3) is 3.26. The monoisotopic (exact) mass is 413 g/mol. The Morgan fingerprint density at radius 3 is 2.64 bits per heavy atom. The van der Waals surface area contributed by atoms with Crippen molar-refractivity contribution < 1.29 is 9.90 Å². The lowest BCUT2D eigenvalue weighted by Gasteiger charge is -2.34. The third-order valence-corrected chi connectivity index (χ3v) is 5.68. The molecule has 1 amide bonds. The highest BCUT2D eigenvalue weighted by Gasteiger charge is 2.46. The molecule has 9 heteroatoms. The Labute approximate surface area is 170 Å². The van der Waals surface area contributed by atoms with E-state index in [-0.39, 0.29) is 11.5 Å². The quantitative estimate of drug-likeness (QED) is 0.608. The number of nitrogens with one attached hydrogen (secondary N) is 1. The van der Waals surface area contributed by atoms with Crippen LogP contribution in [0.15, 0.2) is 65.9 Å². The lowest BCUT2D eigenvalue weighted by atomic mass is 10.0. The number of aliphatic imine (C=N–C) groups is 1. The first-order valence-corrected chi connectivity index (χ1v) is 9.74. The van der Waals surface area contributed by atoms with Crippen molar-refractivity contribution in [2.75, 3.05) is 10.7 Å². The van der Waals surface area contributed by atoms with Crippen LogP contribution in [0.5, 0.6) is 0 Å². The molecule has 2 aromatic carbocycles. The van der Waals surface area contributed by atoms with Crippen LogP contribution in [0.25, 0.3) is 0 Å². The number of nitrogens with two attached hydrogens (primary N) is 1. The van der Waals surface area contributed by atoms with Crippen molar-refractivity contribution in [3.8, 4) is 0 Å². The van der Waals surface area contributed by atoms with Crippen molar-refractivity contribution in [1.29, 1.82) is 0 Å². The number of anilines is 1. The highest BCUT2D eigenvalue weighted by Crippen LogP contribution is 2.43. The molecule has 1 fully saturated rings. The average molecular weight is 414 g/mol. The number of nitrogens with zero attached hydrogens (tertiary/aromatic N) is 3. The maximum absolute atomic E-state index is 11.6. The number of benzene rings is 2. The zero-order valence-electron chi connectivity index (χ0n) is 14.5. The van der Waals surface area contributed by atoms with Gasteiger partial charge in [0, 0.05) is 16.3 Å². The summed E-state index contributed by atoms with van der Waals surface area (Å²) in [6.45, 7) is 0. The first-order chi connectivity index (χ1) is 13.5. The van der Waals surface area contributed by atoms with Crippen LogP contribution in [0, 0.1) is 0 Å². The molecule has 1 unspecified atom stereocenters. The van der Waals surface area contributed by atoms with Gasteiger partial charge in [-0.1, -0.05) is 53.7 Å². The van der Waals surface area contributed by atoms with E-state index in [2.05, 4.69) is 15.0 Å². The third-order valence-electron chi connectivity index (χ3n) is 4.35. The summed E-state index contributed by atoms with van der Waals surface area (Å²) < 4.78 is 0. The summed E-state index contributed by atoms with van der Waals surface area (Å²) in [5, 5.41) is 12.7. The molecule has 4 rings (SSSR count). The van der Waals surface area contributed by atoms with Crippen molar-refractivity contribution in [2.24, 2.45) is 10.7 Å². The highest BCUT2D eigenvalue weighted by molar-refractivity contribution is 8.14. The first-order valence-electron chi connectivity index (χ1n) is 8.37. The maximum atomic E-state index is 11.6. The van der Waals surface area contributed by atoms with E-state index in [1.54, 1.807) is 29.2 Å². The van der Waals surface area contributed by atoms with Gasteiger partial charge in [-0.05, 0) is 24.3 Å². The Balaban J connectivity index is 1.84. The van der Waals surface area contributed by atoms with E-state index in [0.717, 1.165) is 5.69 Å². The van der Waals surface area contributed by atoms with Gasteiger partial charge >= 0.3 is 0 Å². The normalized spacial score (nSPS) is 20.6. The number of thioether (sulfide) groups is 1. The summed E-state index contributed by atoms with van der Waals surface area (Å²) in [6, 6.07) is 16.4. The summed E-state index contributed by atoms with van der Waals surface area (Å²) in [5.74, 6) is -0.144. The van der Waals surface area contributed by atoms with Gasteiger partial charge in [-0.15, -0.1) is 0 Å². The largest absolute Gasteiger partial charge is 0.366 e. The fraction of sp³-hybridized carbons (Fsp3) is 0.105. The second-order valence-electron chi connectivity index (χ2n) is 6.14. The van der Waals surface area contributed by atoms with Crippen molar-refractivity contribution in [1.82, 2.24) is 9.97 Å². The van der Waals surface area contributed by atoms with Crippen molar-refractivity contribution in [3.05, 3.63) is 77.2 Å². The number of aromatic nitrogens is 2. The lowest BCUT2D eigenvalue weighted by Crippen LogP contribution is -2.45. The molecule has 0 aliphatic carbocycles. The van der Waals surface area contributed by atoms with E-state index in [1.165, 1.54) is 18.1 Å². The van der Waals surface area contributed by atoms with Crippen molar-refractivity contribution in [2.45, 2.75) is 5.72 Å². The number of amidine groups is 1. The summed E-state index contributed by atoms with van der Waals surface area (Å²) in [4.78, 5) is 24.6. The van der Waals surface area contributed by atoms with Gasteiger partial charge in [0.2, 0.25) is 0 Å². The van der Waals surface area contributed by atoms with Crippen LogP contribution < -0.4 is 10.6 Å². The fourth-order valence-corrected chi connectivity index (χ4v) is 4.30. The molecule has 1 saturated heterocycles. The van der Waals surface area contributed by atoms with Crippen molar-refractivity contribution in [3.63, 3.8) is 0 Å². The van der Waals surface area contributed by atoms with Crippen LogP contribution >= 0.6 is 23.4 Å². The number of hydrogen-bond donors (Lipinski definition) is 3. The van der Waals surface area contributed by atoms with Gasteiger partial charge in [-0.2, -0.15) is 0 Å². The predicted octanol–water partition coefficient (Wildman–Crippen LogP) is 3.25. The number of rotatable bonds is 4. The minimum absolute atomic E-state index is 0.114. The molecule has 28 heavy (non-hydrogen) atoms. The topological polar surface area (TPSA) is 108 Å². The minimum Gasteiger partial charge on any atom is -0.366 e. The Kier molecular flexibility index (Phi) is 4.84. The molecule has 1 aromatic heterocycles. The molecule has 2 heterocycles. The van der Waals surface area contributed by atoms with Crippen LogP contribution in [0.4, 0.5) is 11.5 Å². The molecule has 142 valence electrons. The van der Waals surface area contributed by atoms with Gasteiger partial charge in [0.05, 0.1) is 12.1 Å². The average Bonchev–Trinajstić information content (AvgIpc) is 3.28. The van der Waals surface area contributed by atoms with Gasteiger partial charge in [-0.3, -0.25) is 9.69 Å². The van der Waals surface area contributed by atoms with E-state index in [0.29, 0.717) is 21.5 Å². The smallest absolute Gasteiger partial charge is 0.269 e. The molecule has 1 atom stereocenters. The standard InChI is InChI=1S/C19H16ClN5O2S/c20-13-8-6-12(7-9-13)19(27)10-28-18(25(19)14-4-2-1-3-5-14)24-17-15(16(21)26)22-11-23-17/h1-9,11,27H,10H2,(H2,21,26)(H,22,23). The number of amides is 1. The number of imidazole rings is 1. The SMILES string of the molecule is NC(=O)c1[nH]cnc1N=C1SCC(O)(c2ccc(Cl)cc2)N1c1ccccc1. The van der Waals surface area contributed by atoms with Gasteiger partial charge in [0.1, 0.15) is 0 Å². The molecular formula is C19H16ClN5O2S. The van der Waals surface area contributed by atoms with Crippen LogP contribution in [0.3, 0.4) is 0 Å². The maximum Gasteiger partial charge on any atom is 0.269 e. The fourth-order valence-electron chi connectivity index (χ4n) is 3.01. The van der Waals surface area contributed by atoms with Crippen LogP contribution in [-0.4, -0.2) is 31.9 Å². The molecular weight excluding hydrogens is 398 g/mol. The van der Waals surface area contributed by atoms with Crippen LogP contribution in [0.1, 0.15) is 16.1 Å². The number of carbonyl (C=O) groups is 1. The lowest BCUT2D eigenvalue weighted by molar-refractivity contribution is 0.0768. The summed E-state index contributed by atoms with van der Waals surface area (Å²) in [5.41, 5.74) is 5.57. The Hall–Kier alpha value is -2.81. The number of hydrogen-bond acceptors (Lipinski definition) is 5. The Bertz CT molecular complexity index is 1040. The summed E-state index contributed by atoms with van der Waals surface area (Å²) in [7, 11) is 0. The Morgan fingerprint density at radius 2 is 1.96 bits per heavy atom. The van der Waals surface area contributed by atoms with Gasteiger partial charge in [0.25, 0.3) is 5.91 Å². The number of primary amides is 1. The predicted molar refractivity (Wildman–Crippen MR) is 111 cm³/mol. The molecule has 7 nitrogen and oxygen atoms in total. The molecule has 1 aliphatic rings. The van der Waals surface area contributed by atoms with E-state index in [1.807, 2.05) is 30.3 Å². The number of carbonyl (C=O) groups excluding carboxylic acids is 1. The van der Waals surface area contributed by atoms with E-state index in [4.69, 9.17) is 17.3 Å². The number of H-pyrrole nitrogens is 1. The molecule has 0 bridgehead atoms. The van der Waals surface area contributed by atoms with Crippen LogP contribution in [0.2, 0.25) is 5.02 Å². The van der Waals surface area contributed by atoms with Gasteiger partial charge < -0.3 is 15.8 Å². The minimum atomic E-state index is -1.35. The number of aliphatic hydroxyl groups is 1. The van der Waals surface area contributed by atoms with Crippen molar-refractivity contribution >= 4 is 45.9 Å². The zero-order chi connectivity index (χ0) is 19.7. The number of halogens is 1. The molecule has 4 N–H and O–H groups in total. The number of aromatic amines is 1. The molecule has 0 saturated carbocycles. The summed E-state index contributed by atoms with van der Waals surface area (Å²) in [6.07, 6.45) is 1.36. The van der Waals surface area contributed by atoms with E-state index < -0.39 is 11.6 Å². The first kappa shape index (κ1) is 18.5. The molecule has 0 spiro atoms. The Morgan fingerprint density at radius 1 is 1.25 bits per heavy atom.